The monoisotopic (exact) mass is 222 g/mol. The molecule has 1 aliphatic rings. The van der Waals surface area contributed by atoms with Gasteiger partial charge in [-0.1, -0.05) is 13.8 Å². The van der Waals surface area contributed by atoms with Crippen LogP contribution in [0, 0.1) is 5.92 Å². The van der Waals surface area contributed by atoms with Crippen LogP contribution in [0.1, 0.15) is 57.2 Å². The summed E-state index contributed by atoms with van der Waals surface area (Å²) < 4.78 is 5.57. The molecule has 0 aliphatic heterocycles. The highest BCUT2D eigenvalue weighted by atomic mass is 16.5. The van der Waals surface area contributed by atoms with Crippen LogP contribution in [0.15, 0.2) is 0 Å². The molecule has 2 atom stereocenters. The predicted octanol–water partition coefficient (Wildman–Crippen LogP) is 3.02. The van der Waals surface area contributed by atoms with E-state index in [0.717, 1.165) is 18.2 Å². The molecule has 0 amide bonds. The number of rotatable bonds is 3. The van der Waals surface area contributed by atoms with Crippen LogP contribution in [0.2, 0.25) is 0 Å². The number of ether oxygens (including phenoxy) is 1. The number of nitrogens with one attached hydrogen (secondary N) is 1. The van der Waals surface area contributed by atoms with Crippen molar-refractivity contribution in [3.05, 3.63) is 17.2 Å². The summed E-state index contributed by atoms with van der Waals surface area (Å²) in [7, 11) is 0. The van der Waals surface area contributed by atoms with E-state index in [1.54, 1.807) is 0 Å². The summed E-state index contributed by atoms with van der Waals surface area (Å²) in [4.78, 5) is 8.07. The van der Waals surface area contributed by atoms with Gasteiger partial charge in [-0.25, -0.2) is 4.98 Å². The van der Waals surface area contributed by atoms with Gasteiger partial charge in [-0.2, -0.15) is 0 Å². The maximum Gasteiger partial charge on any atom is 0.132 e. The van der Waals surface area contributed by atoms with Crippen LogP contribution in [0.5, 0.6) is 0 Å². The van der Waals surface area contributed by atoms with E-state index in [2.05, 4.69) is 23.8 Å². The average Bonchev–Trinajstić information content (AvgIpc) is 2.57. The lowest BCUT2D eigenvalue weighted by Gasteiger charge is -2.22. The molecule has 2 unspecified atom stereocenters. The Labute approximate surface area is 97.6 Å². The van der Waals surface area contributed by atoms with Gasteiger partial charge in [0.2, 0.25) is 0 Å². The minimum atomic E-state index is 0.262. The number of fused-ring (bicyclic) bond motifs is 1. The maximum atomic E-state index is 5.57. The summed E-state index contributed by atoms with van der Waals surface area (Å²) in [5.74, 6) is 2.34. The summed E-state index contributed by atoms with van der Waals surface area (Å²) in [6.45, 7) is 9.28. The smallest absolute Gasteiger partial charge is 0.132 e. The van der Waals surface area contributed by atoms with Gasteiger partial charge in [-0.3, -0.25) is 0 Å². The van der Waals surface area contributed by atoms with Crippen LogP contribution in [-0.4, -0.2) is 16.1 Å². The van der Waals surface area contributed by atoms with Crippen molar-refractivity contribution in [3.8, 4) is 0 Å². The molecule has 16 heavy (non-hydrogen) atoms. The number of imidazole rings is 1. The van der Waals surface area contributed by atoms with Crippen molar-refractivity contribution in [3.63, 3.8) is 0 Å². The zero-order valence-electron chi connectivity index (χ0n) is 10.7. The average molecular weight is 222 g/mol. The van der Waals surface area contributed by atoms with Gasteiger partial charge in [0, 0.05) is 11.6 Å². The highest BCUT2D eigenvalue weighted by Gasteiger charge is 2.25. The minimum absolute atomic E-state index is 0.262. The molecule has 1 aromatic rings. The standard InChI is InChI=1S/C13H22N2O/c1-8(2)16-7-12-14-11-6-9(3)5-10(4)13(11)15-12/h8-10H,5-7H2,1-4H3,(H,14,15). The third-order valence-electron chi connectivity index (χ3n) is 3.19. The first-order valence-electron chi connectivity index (χ1n) is 6.25. The molecule has 2 rings (SSSR count). The molecule has 0 bridgehead atoms. The summed E-state index contributed by atoms with van der Waals surface area (Å²) in [6.07, 6.45) is 2.65. The number of aromatic nitrogens is 2. The van der Waals surface area contributed by atoms with Gasteiger partial charge in [-0.05, 0) is 32.6 Å². The van der Waals surface area contributed by atoms with Crippen molar-refractivity contribution < 1.29 is 4.74 Å². The second-order valence-electron chi connectivity index (χ2n) is 5.35. The fraction of sp³-hybridized carbons (Fsp3) is 0.769. The molecule has 1 N–H and O–H groups in total. The molecule has 0 fully saturated rings. The molecular weight excluding hydrogens is 200 g/mol. The normalized spacial score (nSPS) is 24.8. The Morgan fingerprint density at radius 2 is 2.19 bits per heavy atom. The first-order valence-corrected chi connectivity index (χ1v) is 6.25. The van der Waals surface area contributed by atoms with Crippen molar-refractivity contribution in [2.45, 2.75) is 59.2 Å². The number of aromatic amines is 1. The Morgan fingerprint density at radius 3 is 2.88 bits per heavy atom. The van der Waals surface area contributed by atoms with Crippen molar-refractivity contribution in [1.29, 1.82) is 0 Å². The van der Waals surface area contributed by atoms with Crippen molar-refractivity contribution in [1.82, 2.24) is 9.97 Å². The first kappa shape index (κ1) is 11.6. The Morgan fingerprint density at radius 1 is 1.44 bits per heavy atom. The molecule has 1 heterocycles. The highest BCUT2D eigenvalue weighted by Crippen LogP contribution is 2.32. The molecule has 1 aromatic heterocycles. The SMILES string of the molecule is CC1Cc2[nH]c(COC(C)C)nc2C(C)C1. The Hall–Kier alpha value is -0.830. The summed E-state index contributed by atoms with van der Waals surface area (Å²) in [5.41, 5.74) is 2.59. The van der Waals surface area contributed by atoms with E-state index < -0.39 is 0 Å². The zero-order valence-corrected chi connectivity index (χ0v) is 10.7. The summed E-state index contributed by atoms with van der Waals surface area (Å²) in [6, 6.07) is 0. The molecule has 3 heteroatoms. The zero-order chi connectivity index (χ0) is 11.7. The Balaban J connectivity index is 2.10. The third-order valence-corrected chi connectivity index (χ3v) is 3.19. The van der Waals surface area contributed by atoms with E-state index in [4.69, 9.17) is 4.74 Å². The van der Waals surface area contributed by atoms with Gasteiger partial charge in [0.05, 0.1) is 11.8 Å². The van der Waals surface area contributed by atoms with Crippen LogP contribution >= 0.6 is 0 Å². The second kappa shape index (κ2) is 4.58. The number of hydrogen-bond donors (Lipinski definition) is 1. The predicted molar refractivity (Wildman–Crippen MR) is 64.4 cm³/mol. The van der Waals surface area contributed by atoms with E-state index >= 15 is 0 Å². The maximum absolute atomic E-state index is 5.57. The number of H-pyrrole nitrogens is 1. The van der Waals surface area contributed by atoms with Gasteiger partial charge in [0.1, 0.15) is 12.4 Å². The first-order chi connectivity index (χ1) is 7.56. The van der Waals surface area contributed by atoms with E-state index in [1.165, 1.54) is 17.8 Å². The number of hydrogen-bond acceptors (Lipinski definition) is 2. The Bertz CT molecular complexity index is 357. The molecule has 0 radical (unpaired) electrons. The van der Waals surface area contributed by atoms with Gasteiger partial charge >= 0.3 is 0 Å². The molecule has 0 spiro atoms. The van der Waals surface area contributed by atoms with Crippen molar-refractivity contribution in [2.75, 3.05) is 0 Å². The van der Waals surface area contributed by atoms with Crippen molar-refractivity contribution >= 4 is 0 Å². The highest BCUT2D eigenvalue weighted by molar-refractivity contribution is 5.22. The third kappa shape index (κ3) is 2.46. The van der Waals surface area contributed by atoms with Crippen LogP contribution in [-0.2, 0) is 17.8 Å². The van der Waals surface area contributed by atoms with Crippen LogP contribution in [0.3, 0.4) is 0 Å². The van der Waals surface area contributed by atoms with Crippen molar-refractivity contribution in [2.24, 2.45) is 5.92 Å². The largest absolute Gasteiger partial charge is 0.371 e. The summed E-state index contributed by atoms with van der Waals surface area (Å²) >= 11 is 0. The van der Waals surface area contributed by atoms with E-state index in [1.807, 2.05) is 13.8 Å². The van der Waals surface area contributed by atoms with Crippen LogP contribution in [0.25, 0.3) is 0 Å². The van der Waals surface area contributed by atoms with Gasteiger partial charge < -0.3 is 9.72 Å². The lowest BCUT2D eigenvalue weighted by molar-refractivity contribution is 0.0616. The van der Waals surface area contributed by atoms with Gasteiger partial charge in [0.25, 0.3) is 0 Å². The van der Waals surface area contributed by atoms with E-state index in [9.17, 15) is 0 Å². The molecular formula is C13H22N2O. The fourth-order valence-corrected chi connectivity index (χ4v) is 2.50. The lowest BCUT2D eigenvalue weighted by Crippen LogP contribution is -2.14. The lowest BCUT2D eigenvalue weighted by atomic mass is 9.84. The quantitative estimate of drug-likeness (QED) is 0.853. The topological polar surface area (TPSA) is 37.9 Å². The molecule has 0 saturated carbocycles. The van der Waals surface area contributed by atoms with E-state index in [-0.39, 0.29) is 6.10 Å². The van der Waals surface area contributed by atoms with Gasteiger partial charge in [0.15, 0.2) is 0 Å². The Kier molecular flexibility index (Phi) is 3.33. The molecule has 3 nitrogen and oxygen atoms in total. The summed E-state index contributed by atoms with van der Waals surface area (Å²) in [5, 5.41) is 0. The minimum Gasteiger partial charge on any atom is -0.371 e. The van der Waals surface area contributed by atoms with Crippen LogP contribution in [0.4, 0.5) is 0 Å². The van der Waals surface area contributed by atoms with Gasteiger partial charge in [-0.15, -0.1) is 0 Å². The number of nitrogens with zero attached hydrogens (tertiary/aromatic N) is 1. The molecule has 90 valence electrons. The van der Waals surface area contributed by atoms with E-state index in [0.29, 0.717) is 12.5 Å². The molecule has 1 aliphatic carbocycles. The van der Waals surface area contributed by atoms with Crippen LogP contribution < -0.4 is 0 Å². The molecule has 0 aromatic carbocycles. The fourth-order valence-electron chi connectivity index (χ4n) is 2.50. The second-order valence-corrected chi connectivity index (χ2v) is 5.35. The molecule has 0 saturated heterocycles.